The first-order valence-electron chi connectivity index (χ1n) is 6.55. The van der Waals surface area contributed by atoms with E-state index >= 15 is 0 Å². The molecule has 6 heteroatoms. The highest BCUT2D eigenvalue weighted by molar-refractivity contribution is 5.94. The molecule has 0 aliphatic carbocycles. The topological polar surface area (TPSA) is 75.4 Å². The summed E-state index contributed by atoms with van der Waals surface area (Å²) in [6, 6.07) is 5.77. The Balaban J connectivity index is 1.95. The molecule has 108 valence electrons. The lowest BCUT2D eigenvalue weighted by atomic mass is 9.94. The van der Waals surface area contributed by atoms with Crippen LogP contribution in [0.15, 0.2) is 24.3 Å². The van der Waals surface area contributed by atoms with E-state index < -0.39 is 11.7 Å². The zero-order chi connectivity index (χ0) is 14.7. The molecule has 2 rings (SSSR count). The normalized spacial score (nSPS) is 22.8. The molecule has 5 nitrogen and oxygen atoms in total. The predicted octanol–water partition coefficient (Wildman–Crippen LogP) is 0.960. The third kappa shape index (κ3) is 3.33. The van der Waals surface area contributed by atoms with Crippen molar-refractivity contribution in [3.8, 4) is 0 Å². The number of carbonyl (C=O) groups is 2. The van der Waals surface area contributed by atoms with Crippen LogP contribution in [-0.2, 0) is 9.59 Å². The van der Waals surface area contributed by atoms with E-state index in [9.17, 15) is 14.0 Å². The first-order chi connectivity index (χ1) is 9.47. The van der Waals surface area contributed by atoms with Crippen molar-refractivity contribution in [2.45, 2.75) is 19.4 Å². The maximum Gasteiger partial charge on any atom is 0.244 e. The number of halogens is 1. The van der Waals surface area contributed by atoms with Crippen LogP contribution in [0.4, 0.5) is 10.1 Å². The fourth-order valence-corrected chi connectivity index (χ4v) is 2.17. The second kappa shape index (κ2) is 6.00. The Bertz CT molecular complexity index is 521. The van der Waals surface area contributed by atoms with Gasteiger partial charge in [-0.3, -0.25) is 9.59 Å². The second-order valence-corrected chi connectivity index (χ2v) is 5.15. The molecule has 0 radical (unpaired) electrons. The summed E-state index contributed by atoms with van der Waals surface area (Å²) < 4.78 is 13.4. The van der Waals surface area contributed by atoms with E-state index in [1.165, 1.54) is 17.0 Å². The molecule has 0 spiro atoms. The highest BCUT2D eigenvalue weighted by atomic mass is 19.1. The van der Waals surface area contributed by atoms with Crippen LogP contribution in [0.1, 0.15) is 13.3 Å². The van der Waals surface area contributed by atoms with E-state index in [-0.39, 0.29) is 30.1 Å². The van der Waals surface area contributed by atoms with Crippen molar-refractivity contribution < 1.29 is 14.0 Å². The molecule has 0 aromatic heterocycles. The standard InChI is InChI=1S/C14H18FN3O2/c1-9-6-14(20)18(7-11(9)16)8-13(19)17-12-5-3-2-4-10(12)15/h2-5,9,11H,6-8,16H2,1H3,(H,17,19). The lowest BCUT2D eigenvalue weighted by Crippen LogP contribution is -2.52. The smallest absolute Gasteiger partial charge is 0.244 e. The fourth-order valence-electron chi connectivity index (χ4n) is 2.17. The highest BCUT2D eigenvalue weighted by Gasteiger charge is 2.30. The Labute approximate surface area is 116 Å². The van der Waals surface area contributed by atoms with Crippen LogP contribution in [-0.4, -0.2) is 35.8 Å². The molecular weight excluding hydrogens is 261 g/mol. The molecule has 1 saturated heterocycles. The van der Waals surface area contributed by atoms with E-state index in [0.29, 0.717) is 13.0 Å². The van der Waals surface area contributed by atoms with Crippen LogP contribution in [0.5, 0.6) is 0 Å². The minimum Gasteiger partial charge on any atom is -0.332 e. The number of nitrogens with zero attached hydrogens (tertiary/aromatic N) is 1. The Morgan fingerprint density at radius 1 is 1.50 bits per heavy atom. The molecule has 2 amide bonds. The summed E-state index contributed by atoms with van der Waals surface area (Å²) in [6.45, 7) is 2.16. The third-order valence-corrected chi connectivity index (χ3v) is 3.49. The quantitative estimate of drug-likeness (QED) is 0.865. The summed E-state index contributed by atoms with van der Waals surface area (Å²) in [7, 11) is 0. The van der Waals surface area contributed by atoms with Gasteiger partial charge in [0, 0.05) is 19.0 Å². The molecule has 0 bridgehead atoms. The van der Waals surface area contributed by atoms with Crippen LogP contribution in [0.2, 0.25) is 0 Å². The Morgan fingerprint density at radius 2 is 2.20 bits per heavy atom. The highest BCUT2D eigenvalue weighted by Crippen LogP contribution is 2.17. The monoisotopic (exact) mass is 279 g/mol. The molecule has 1 aromatic carbocycles. The van der Waals surface area contributed by atoms with Crippen molar-refractivity contribution in [1.82, 2.24) is 4.90 Å². The van der Waals surface area contributed by atoms with Crippen molar-refractivity contribution >= 4 is 17.5 Å². The van der Waals surface area contributed by atoms with Gasteiger partial charge in [-0.15, -0.1) is 0 Å². The number of piperidine rings is 1. The molecule has 2 unspecified atom stereocenters. The SMILES string of the molecule is CC1CC(=O)N(CC(=O)Nc2ccccc2F)CC1N. The molecule has 3 N–H and O–H groups in total. The molecule has 1 heterocycles. The van der Waals surface area contributed by atoms with Gasteiger partial charge < -0.3 is 16.0 Å². The minimum absolute atomic E-state index is 0.0946. The lowest BCUT2D eigenvalue weighted by molar-refractivity contribution is -0.138. The molecule has 1 aliphatic rings. The largest absolute Gasteiger partial charge is 0.332 e. The molecule has 1 aliphatic heterocycles. The van der Waals surface area contributed by atoms with Gasteiger partial charge in [0.25, 0.3) is 0 Å². The predicted molar refractivity (Wildman–Crippen MR) is 73.4 cm³/mol. The van der Waals surface area contributed by atoms with Crippen LogP contribution in [0.3, 0.4) is 0 Å². The number of benzene rings is 1. The molecule has 1 aromatic rings. The van der Waals surface area contributed by atoms with Crippen LogP contribution >= 0.6 is 0 Å². The van der Waals surface area contributed by atoms with E-state index in [1.807, 2.05) is 6.92 Å². The number of para-hydroxylation sites is 1. The van der Waals surface area contributed by atoms with Crippen LogP contribution < -0.4 is 11.1 Å². The Hall–Kier alpha value is -1.95. The molecule has 1 fully saturated rings. The average molecular weight is 279 g/mol. The minimum atomic E-state index is -0.504. The van der Waals surface area contributed by atoms with Gasteiger partial charge in [-0.2, -0.15) is 0 Å². The summed E-state index contributed by atoms with van der Waals surface area (Å²) in [5.41, 5.74) is 6.01. The second-order valence-electron chi connectivity index (χ2n) is 5.15. The molecule has 2 atom stereocenters. The van der Waals surface area contributed by atoms with Crippen molar-refractivity contribution in [3.05, 3.63) is 30.1 Å². The van der Waals surface area contributed by atoms with Gasteiger partial charge in [0.15, 0.2) is 0 Å². The summed E-state index contributed by atoms with van der Waals surface area (Å²) in [4.78, 5) is 25.1. The van der Waals surface area contributed by atoms with Gasteiger partial charge in [0.2, 0.25) is 11.8 Å². The number of hydrogen-bond acceptors (Lipinski definition) is 3. The summed E-state index contributed by atoms with van der Waals surface area (Å²) in [6.07, 6.45) is 0.341. The van der Waals surface area contributed by atoms with Gasteiger partial charge in [-0.05, 0) is 18.1 Å². The van der Waals surface area contributed by atoms with E-state index in [0.717, 1.165) is 0 Å². The maximum atomic E-state index is 13.4. The average Bonchev–Trinajstić information content (AvgIpc) is 2.39. The molecular formula is C14H18FN3O2. The number of nitrogens with one attached hydrogen (secondary N) is 1. The van der Waals surface area contributed by atoms with Crippen molar-refractivity contribution in [2.24, 2.45) is 11.7 Å². The van der Waals surface area contributed by atoms with E-state index in [4.69, 9.17) is 5.73 Å². The zero-order valence-corrected chi connectivity index (χ0v) is 11.3. The number of rotatable bonds is 3. The molecule has 0 saturated carbocycles. The number of carbonyl (C=O) groups excluding carboxylic acids is 2. The number of anilines is 1. The van der Waals surface area contributed by atoms with Crippen molar-refractivity contribution in [3.63, 3.8) is 0 Å². The number of nitrogens with two attached hydrogens (primary N) is 1. The number of hydrogen-bond donors (Lipinski definition) is 2. The van der Waals surface area contributed by atoms with Crippen molar-refractivity contribution in [2.75, 3.05) is 18.4 Å². The maximum absolute atomic E-state index is 13.4. The van der Waals surface area contributed by atoms with Crippen molar-refractivity contribution in [1.29, 1.82) is 0 Å². The molecule has 20 heavy (non-hydrogen) atoms. The fraction of sp³-hybridized carbons (Fsp3) is 0.429. The zero-order valence-electron chi connectivity index (χ0n) is 11.3. The first kappa shape index (κ1) is 14.5. The summed E-state index contributed by atoms with van der Waals surface area (Å²) in [5.74, 6) is -0.905. The van der Waals surface area contributed by atoms with E-state index in [2.05, 4.69) is 5.32 Å². The van der Waals surface area contributed by atoms with Gasteiger partial charge >= 0.3 is 0 Å². The van der Waals surface area contributed by atoms with Gasteiger partial charge in [0.05, 0.1) is 12.2 Å². The van der Waals surface area contributed by atoms with Gasteiger partial charge in [-0.1, -0.05) is 19.1 Å². The van der Waals surface area contributed by atoms with Gasteiger partial charge in [-0.25, -0.2) is 4.39 Å². The Morgan fingerprint density at radius 3 is 2.90 bits per heavy atom. The number of amides is 2. The summed E-state index contributed by atoms with van der Waals surface area (Å²) in [5, 5.41) is 2.46. The van der Waals surface area contributed by atoms with Crippen LogP contribution in [0, 0.1) is 11.7 Å². The number of likely N-dealkylation sites (tertiary alicyclic amines) is 1. The Kier molecular flexibility index (Phi) is 4.34. The van der Waals surface area contributed by atoms with Gasteiger partial charge in [0.1, 0.15) is 5.82 Å². The first-order valence-corrected chi connectivity index (χ1v) is 6.55. The third-order valence-electron chi connectivity index (χ3n) is 3.49. The van der Waals surface area contributed by atoms with E-state index in [1.54, 1.807) is 12.1 Å². The lowest BCUT2D eigenvalue weighted by Gasteiger charge is -2.34. The summed E-state index contributed by atoms with van der Waals surface area (Å²) >= 11 is 0. The van der Waals surface area contributed by atoms with Crippen LogP contribution in [0.25, 0.3) is 0 Å².